The number of carbonyl (C=O) groups is 1. The zero-order valence-corrected chi connectivity index (χ0v) is 14.4. The number of rotatable bonds is 6. The van der Waals surface area contributed by atoms with Crippen molar-refractivity contribution in [2.45, 2.75) is 32.2 Å². The molecule has 1 N–H and O–H groups in total. The summed E-state index contributed by atoms with van der Waals surface area (Å²) in [7, 11) is -3.25. The van der Waals surface area contributed by atoms with Crippen LogP contribution in [0.15, 0.2) is 24.3 Å². The Morgan fingerprint density at radius 3 is 2.61 bits per heavy atom. The van der Waals surface area contributed by atoms with Gasteiger partial charge in [0.25, 0.3) is 5.91 Å². The Labute approximate surface area is 137 Å². The number of nitrogens with one attached hydrogen (secondary N) is 1. The maximum absolute atomic E-state index is 12.7. The lowest BCUT2D eigenvalue weighted by atomic mass is 10.0. The van der Waals surface area contributed by atoms with Crippen LogP contribution in [0.25, 0.3) is 0 Å². The van der Waals surface area contributed by atoms with Crippen molar-refractivity contribution in [1.29, 1.82) is 0 Å². The number of nitrogens with zero attached hydrogens (tertiary/aromatic N) is 1. The Balaban J connectivity index is 2.07. The zero-order chi connectivity index (χ0) is 16.9. The van der Waals surface area contributed by atoms with E-state index in [4.69, 9.17) is 4.74 Å². The third kappa shape index (κ3) is 5.21. The minimum atomic E-state index is -3.25. The van der Waals surface area contributed by atoms with E-state index in [-0.39, 0.29) is 18.5 Å². The van der Waals surface area contributed by atoms with Crippen LogP contribution in [0.4, 0.5) is 0 Å². The molecule has 1 unspecified atom stereocenters. The number of benzene rings is 1. The van der Waals surface area contributed by atoms with E-state index < -0.39 is 10.0 Å². The van der Waals surface area contributed by atoms with E-state index in [1.165, 1.54) is 0 Å². The molecule has 0 aliphatic carbocycles. The number of piperidine rings is 1. The Bertz CT molecular complexity index is 628. The highest BCUT2D eigenvalue weighted by Crippen LogP contribution is 2.21. The Kier molecular flexibility index (Phi) is 6.01. The highest BCUT2D eigenvalue weighted by molar-refractivity contribution is 7.88. The Hall–Kier alpha value is -1.60. The van der Waals surface area contributed by atoms with Gasteiger partial charge in [0.2, 0.25) is 10.0 Å². The van der Waals surface area contributed by atoms with Crippen LogP contribution in [-0.4, -0.2) is 51.2 Å². The lowest BCUT2D eigenvalue weighted by Gasteiger charge is -2.35. The smallest absolute Gasteiger partial charge is 0.254 e. The Morgan fingerprint density at radius 2 is 2.00 bits per heavy atom. The van der Waals surface area contributed by atoms with Crippen LogP contribution in [0.3, 0.4) is 0 Å². The molecule has 1 amide bonds. The molecule has 1 atom stereocenters. The summed E-state index contributed by atoms with van der Waals surface area (Å²) in [6, 6.07) is 6.97. The number of likely N-dealkylation sites (tertiary alicyclic amines) is 1. The molecule has 0 radical (unpaired) electrons. The van der Waals surface area contributed by atoms with Gasteiger partial charge in [-0.05, 0) is 50.5 Å². The molecule has 128 valence electrons. The summed E-state index contributed by atoms with van der Waals surface area (Å²) in [5.41, 5.74) is 0.597. The fourth-order valence-corrected chi connectivity index (χ4v) is 3.25. The van der Waals surface area contributed by atoms with E-state index in [1.54, 1.807) is 29.2 Å². The quantitative estimate of drug-likeness (QED) is 0.854. The summed E-state index contributed by atoms with van der Waals surface area (Å²) in [5.74, 6) is 0.672. The number of carbonyl (C=O) groups excluding carboxylic acids is 1. The SMILES string of the molecule is CCOc1ccc(C(=O)N2CCCCC2CNS(C)(=O)=O)cc1. The molecule has 7 heteroatoms. The van der Waals surface area contributed by atoms with Crippen LogP contribution in [0.5, 0.6) is 5.75 Å². The molecule has 0 saturated carbocycles. The van der Waals surface area contributed by atoms with Crippen molar-refractivity contribution in [3.8, 4) is 5.75 Å². The molecular formula is C16H24N2O4S. The lowest BCUT2D eigenvalue weighted by molar-refractivity contribution is 0.0619. The first-order valence-corrected chi connectivity index (χ1v) is 9.78. The molecule has 1 saturated heterocycles. The van der Waals surface area contributed by atoms with E-state index in [2.05, 4.69) is 4.72 Å². The minimum Gasteiger partial charge on any atom is -0.494 e. The van der Waals surface area contributed by atoms with E-state index in [1.807, 2.05) is 6.92 Å². The van der Waals surface area contributed by atoms with E-state index >= 15 is 0 Å². The van der Waals surface area contributed by atoms with Crippen molar-refractivity contribution in [2.24, 2.45) is 0 Å². The van der Waals surface area contributed by atoms with Crippen molar-refractivity contribution < 1.29 is 17.9 Å². The van der Waals surface area contributed by atoms with Gasteiger partial charge in [0.15, 0.2) is 0 Å². The number of amides is 1. The molecule has 1 aliphatic heterocycles. The second kappa shape index (κ2) is 7.79. The molecule has 1 aromatic carbocycles. The number of ether oxygens (including phenoxy) is 1. The van der Waals surface area contributed by atoms with Crippen LogP contribution >= 0.6 is 0 Å². The van der Waals surface area contributed by atoms with Crippen molar-refractivity contribution in [3.63, 3.8) is 0 Å². The van der Waals surface area contributed by atoms with Gasteiger partial charge in [-0.15, -0.1) is 0 Å². The van der Waals surface area contributed by atoms with E-state index in [0.29, 0.717) is 18.7 Å². The predicted octanol–water partition coefficient (Wildman–Crippen LogP) is 1.63. The van der Waals surface area contributed by atoms with Gasteiger partial charge >= 0.3 is 0 Å². The predicted molar refractivity (Wildman–Crippen MR) is 89.1 cm³/mol. The van der Waals surface area contributed by atoms with Crippen LogP contribution in [0, 0.1) is 0 Å². The standard InChI is InChI=1S/C16H24N2O4S/c1-3-22-15-9-7-13(8-10-15)16(19)18-11-5-4-6-14(18)12-17-23(2,20)21/h7-10,14,17H,3-6,11-12H2,1-2H3. The third-order valence-electron chi connectivity index (χ3n) is 3.88. The van der Waals surface area contributed by atoms with Crippen molar-refractivity contribution >= 4 is 15.9 Å². The highest BCUT2D eigenvalue weighted by Gasteiger charge is 2.28. The topological polar surface area (TPSA) is 75.7 Å². The largest absolute Gasteiger partial charge is 0.494 e. The van der Waals surface area contributed by atoms with Gasteiger partial charge < -0.3 is 9.64 Å². The molecule has 2 rings (SSSR count). The first-order valence-electron chi connectivity index (χ1n) is 7.89. The number of sulfonamides is 1. The van der Waals surface area contributed by atoms with E-state index in [0.717, 1.165) is 31.3 Å². The average Bonchev–Trinajstić information content (AvgIpc) is 2.53. The summed E-state index contributed by atoms with van der Waals surface area (Å²) >= 11 is 0. The fourth-order valence-electron chi connectivity index (χ4n) is 2.75. The molecule has 0 bridgehead atoms. The molecule has 1 fully saturated rings. The summed E-state index contributed by atoms with van der Waals surface area (Å²) < 4.78 is 30.5. The van der Waals surface area contributed by atoms with Gasteiger partial charge in [0, 0.05) is 24.7 Å². The molecule has 1 aliphatic rings. The van der Waals surface area contributed by atoms with Gasteiger partial charge in [0.05, 0.1) is 12.9 Å². The summed E-state index contributed by atoms with van der Waals surface area (Å²) in [6.45, 7) is 3.41. The normalized spacial score (nSPS) is 18.7. The third-order valence-corrected chi connectivity index (χ3v) is 4.57. The van der Waals surface area contributed by atoms with Crippen molar-refractivity contribution in [3.05, 3.63) is 29.8 Å². The molecule has 1 aromatic rings. The van der Waals surface area contributed by atoms with Gasteiger partial charge in [-0.2, -0.15) is 0 Å². The molecule has 1 heterocycles. The second-order valence-electron chi connectivity index (χ2n) is 5.73. The van der Waals surface area contributed by atoms with Crippen molar-refractivity contribution in [1.82, 2.24) is 9.62 Å². The molecule has 0 aromatic heterocycles. The summed E-state index contributed by atoms with van der Waals surface area (Å²) in [6.07, 6.45) is 3.89. The monoisotopic (exact) mass is 340 g/mol. The fraction of sp³-hybridized carbons (Fsp3) is 0.562. The second-order valence-corrected chi connectivity index (χ2v) is 7.56. The maximum Gasteiger partial charge on any atom is 0.254 e. The Morgan fingerprint density at radius 1 is 1.30 bits per heavy atom. The number of hydrogen-bond donors (Lipinski definition) is 1. The molecule has 0 spiro atoms. The summed E-state index contributed by atoms with van der Waals surface area (Å²) in [4.78, 5) is 14.5. The van der Waals surface area contributed by atoms with Crippen LogP contribution in [0.1, 0.15) is 36.5 Å². The molecule has 23 heavy (non-hydrogen) atoms. The van der Waals surface area contributed by atoms with Gasteiger partial charge in [-0.1, -0.05) is 0 Å². The minimum absolute atomic E-state index is 0.0620. The van der Waals surface area contributed by atoms with Gasteiger partial charge in [-0.25, -0.2) is 13.1 Å². The number of hydrogen-bond acceptors (Lipinski definition) is 4. The molecule has 6 nitrogen and oxygen atoms in total. The van der Waals surface area contributed by atoms with Crippen LogP contribution in [0.2, 0.25) is 0 Å². The maximum atomic E-state index is 12.7. The summed E-state index contributed by atoms with van der Waals surface area (Å²) in [5, 5.41) is 0. The van der Waals surface area contributed by atoms with E-state index in [9.17, 15) is 13.2 Å². The van der Waals surface area contributed by atoms with Gasteiger partial charge in [-0.3, -0.25) is 4.79 Å². The van der Waals surface area contributed by atoms with Gasteiger partial charge in [0.1, 0.15) is 5.75 Å². The first-order chi connectivity index (χ1) is 10.9. The molecular weight excluding hydrogens is 316 g/mol. The first kappa shape index (κ1) is 17.7. The van der Waals surface area contributed by atoms with Crippen molar-refractivity contribution in [2.75, 3.05) is 26.0 Å². The zero-order valence-electron chi connectivity index (χ0n) is 13.6. The average molecular weight is 340 g/mol. The highest BCUT2D eigenvalue weighted by atomic mass is 32.2. The van der Waals surface area contributed by atoms with Crippen LogP contribution in [-0.2, 0) is 10.0 Å². The van der Waals surface area contributed by atoms with Crippen LogP contribution < -0.4 is 9.46 Å². The lowest BCUT2D eigenvalue weighted by Crippen LogP contribution is -2.49.